The maximum Gasteiger partial charge on any atom is 0.275 e. The fourth-order valence-corrected chi connectivity index (χ4v) is 4.14. The van der Waals surface area contributed by atoms with Gasteiger partial charge >= 0.3 is 0 Å². The van der Waals surface area contributed by atoms with Gasteiger partial charge in [0.2, 0.25) is 5.88 Å². The summed E-state index contributed by atoms with van der Waals surface area (Å²) in [6.07, 6.45) is 3.27. The fraction of sp³-hybridized carbons (Fsp3) is 0.333. The lowest BCUT2D eigenvalue weighted by molar-refractivity contribution is -0.128. The van der Waals surface area contributed by atoms with Crippen molar-refractivity contribution in [3.63, 3.8) is 0 Å². The van der Waals surface area contributed by atoms with Crippen molar-refractivity contribution in [2.24, 2.45) is 16.6 Å². The van der Waals surface area contributed by atoms with E-state index in [1.807, 2.05) is 0 Å². The zero-order chi connectivity index (χ0) is 23.5. The van der Waals surface area contributed by atoms with Crippen LogP contribution in [0.1, 0.15) is 29.5 Å². The van der Waals surface area contributed by atoms with Crippen molar-refractivity contribution in [3.8, 4) is 11.9 Å². The number of ether oxygens (including phenoxy) is 1. The van der Waals surface area contributed by atoms with Crippen LogP contribution in [0.15, 0.2) is 53.0 Å². The lowest BCUT2D eigenvalue weighted by Gasteiger charge is -2.30. The monoisotopic (exact) mass is 451 g/mol. The number of aliphatic imine (C=N–C) groups is 1. The summed E-state index contributed by atoms with van der Waals surface area (Å²) in [5.41, 5.74) is 6.82. The Morgan fingerprint density at radius 1 is 1.33 bits per heavy atom. The number of likely N-dealkylation sites (tertiary alicyclic amines) is 1. The van der Waals surface area contributed by atoms with Crippen molar-refractivity contribution in [3.05, 3.63) is 70.6 Å². The van der Waals surface area contributed by atoms with Gasteiger partial charge in [-0.1, -0.05) is 12.1 Å². The molecule has 1 amide bonds. The van der Waals surface area contributed by atoms with Gasteiger partial charge in [-0.15, -0.1) is 0 Å². The number of aromatic nitrogens is 1. The van der Waals surface area contributed by atoms with Gasteiger partial charge in [-0.2, -0.15) is 5.26 Å². The summed E-state index contributed by atoms with van der Waals surface area (Å²) in [5.74, 6) is -2.41. The number of rotatable bonds is 5. The predicted molar refractivity (Wildman–Crippen MR) is 118 cm³/mol. The molecule has 1 unspecified atom stereocenters. The lowest BCUT2D eigenvalue weighted by atomic mass is 9.90. The topological polar surface area (TPSA) is 105 Å². The second-order valence-electron chi connectivity index (χ2n) is 8.12. The molecule has 9 heteroatoms. The summed E-state index contributed by atoms with van der Waals surface area (Å²) in [6, 6.07) is 8.99. The first-order valence-corrected chi connectivity index (χ1v) is 10.6. The minimum atomic E-state index is -0.898. The van der Waals surface area contributed by atoms with E-state index in [2.05, 4.69) is 9.98 Å². The third kappa shape index (κ3) is 4.61. The largest absolute Gasteiger partial charge is 0.481 e. The quantitative estimate of drug-likeness (QED) is 0.753. The van der Waals surface area contributed by atoms with Gasteiger partial charge in [-0.25, -0.2) is 18.8 Å². The van der Waals surface area contributed by atoms with E-state index in [9.17, 15) is 9.18 Å². The third-order valence-electron chi connectivity index (χ3n) is 5.87. The number of hydrogen-bond donors (Lipinski definition) is 1. The molecule has 4 rings (SSSR count). The molecular formula is C24H23F2N5O2. The number of piperidine rings is 1. The number of nitrogens with two attached hydrogens (primary N) is 1. The van der Waals surface area contributed by atoms with Crippen LogP contribution in [0.4, 0.5) is 8.78 Å². The Hall–Kier alpha value is -3.64. The molecule has 2 atom stereocenters. The van der Waals surface area contributed by atoms with E-state index in [-0.39, 0.29) is 29.4 Å². The summed E-state index contributed by atoms with van der Waals surface area (Å²) in [6.45, 7) is 0.811. The Morgan fingerprint density at radius 2 is 2.15 bits per heavy atom. The molecule has 0 spiro atoms. The van der Waals surface area contributed by atoms with E-state index >= 15 is 4.39 Å². The number of nitriles is 1. The Labute approximate surface area is 190 Å². The molecule has 2 aliphatic heterocycles. The van der Waals surface area contributed by atoms with Crippen LogP contribution in [0.5, 0.6) is 5.88 Å². The van der Waals surface area contributed by atoms with Gasteiger partial charge in [-0.05, 0) is 42.5 Å². The molecule has 7 nitrogen and oxygen atoms in total. The van der Waals surface area contributed by atoms with Crippen molar-refractivity contribution in [2.75, 3.05) is 20.2 Å². The molecule has 0 bridgehead atoms. The number of carbonyl (C=O) groups excluding carboxylic acids is 1. The Balaban J connectivity index is 1.71. The van der Waals surface area contributed by atoms with E-state index in [1.54, 1.807) is 24.4 Å². The molecule has 0 aliphatic carbocycles. The molecule has 1 saturated heterocycles. The maximum absolute atomic E-state index is 15.7. The first-order valence-electron chi connectivity index (χ1n) is 10.6. The molecule has 33 heavy (non-hydrogen) atoms. The number of hydrogen-bond acceptors (Lipinski definition) is 6. The van der Waals surface area contributed by atoms with Crippen LogP contribution in [0, 0.1) is 23.1 Å². The van der Waals surface area contributed by atoms with E-state index < -0.39 is 23.5 Å². The van der Waals surface area contributed by atoms with Crippen LogP contribution in [-0.2, 0) is 11.2 Å². The zero-order valence-electron chi connectivity index (χ0n) is 18.1. The molecular weight excluding hydrogens is 428 g/mol. The molecule has 1 aromatic carbocycles. The SMILES string of the molecule is COc1ccc(CC2C(c3ccc(C#N)c(F)c3)=NC(C(=O)N3CCC[C@H](N)C3)=C2F)cn1. The Bertz CT molecular complexity index is 1170. The number of halogens is 2. The van der Waals surface area contributed by atoms with Crippen LogP contribution in [-0.4, -0.2) is 47.7 Å². The first-order chi connectivity index (χ1) is 15.9. The summed E-state index contributed by atoms with van der Waals surface area (Å²) >= 11 is 0. The smallest absolute Gasteiger partial charge is 0.275 e. The summed E-state index contributed by atoms with van der Waals surface area (Å²) in [4.78, 5) is 23.1. The molecule has 170 valence electrons. The van der Waals surface area contributed by atoms with Gasteiger partial charge in [0, 0.05) is 31.4 Å². The minimum Gasteiger partial charge on any atom is -0.481 e. The second-order valence-corrected chi connectivity index (χ2v) is 8.12. The van der Waals surface area contributed by atoms with Gasteiger partial charge < -0.3 is 15.4 Å². The van der Waals surface area contributed by atoms with Gasteiger partial charge in [0.25, 0.3) is 5.91 Å². The third-order valence-corrected chi connectivity index (χ3v) is 5.87. The van der Waals surface area contributed by atoms with E-state index in [4.69, 9.17) is 15.7 Å². The number of pyridine rings is 1. The van der Waals surface area contributed by atoms with Crippen LogP contribution >= 0.6 is 0 Å². The minimum absolute atomic E-state index is 0.125. The van der Waals surface area contributed by atoms with Gasteiger partial charge in [-0.3, -0.25) is 4.79 Å². The number of carbonyl (C=O) groups is 1. The van der Waals surface area contributed by atoms with Crippen LogP contribution < -0.4 is 10.5 Å². The van der Waals surface area contributed by atoms with Crippen molar-refractivity contribution in [2.45, 2.75) is 25.3 Å². The van der Waals surface area contributed by atoms with Gasteiger partial charge in [0.05, 0.1) is 24.3 Å². The van der Waals surface area contributed by atoms with Crippen molar-refractivity contribution < 1.29 is 18.3 Å². The molecule has 2 aliphatic rings. The van der Waals surface area contributed by atoms with Crippen LogP contribution in [0.25, 0.3) is 0 Å². The summed E-state index contributed by atoms with van der Waals surface area (Å²) in [5, 5.41) is 9.02. The van der Waals surface area contributed by atoms with E-state index in [1.165, 1.54) is 24.1 Å². The zero-order valence-corrected chi connectivity index (χ0v) is 18.1. The second kappa shape index (κ2) is 9.46. The number of amides is 1. The average molecular weight is 451 g/mol. The van der Waals surface area contributed by atoms with E-state index in [0.717, 1.165) is 18.9 Å². The standard InChI is InChI=1S/C24H23F2N5O2/c1-33-20-7-4-14(12-29-20)9-18-21(26)23(24(32)31-8-2-3-17(28)13-31)30-22(18)15-5-6-16(11-27)19(25)10-15/h4-7,10,12,17-18H,2-3,8-9,13,28H2,1H3/t17-,18?/m0/s1. The lowest BCUT2D eigenvalue weighted by Crippen LogP contribution is -2.46. The normalized spacial score (nSPS) is 20.5. The highest BCUT2D eigenvalue weighted by atomic mass is 19.1. The molecule has 0 radical (unpaired) electrons. The Kier molecular flexibility index (Phi) is 6.47. The molecule has 1 aromatic heterocycles. The average Bonchev–Trinajstić information content (AvgIpc) is 3.15. The first kappa shape index (κ1) is 22.6. The van der Waals surface area contributed by atoms with Crippen molar-refractivity contribution in [1.82, 2.24) is 9.88 Å². The molecule has 3 heterocycles. The fourth-order valence-electron chi connectivity index (χ4n) is 4.14. The summed E-state index contributed by atoms with van der Waals surface area (Å²) in [7, 11) is 1.50. The van der Waals surface area contributed by atoms with Gasteiger partial charge in [0.15, 0.2) is 5.70 Å². The van der Waals surface area contributed by atoms with E-state index in [0.29, 0.717) is 30.1 Å². The van der Waals surface area contributed by atoms with Crippen LogP contribution in [0.3, 0.4) is 0 Å². The van der Waals surface area contributed by atoms with Gasteiger partial charge in [0.1, 0.15) is 17.7 Å². The number of methoxy groups -OCH3 is 1. The summed E-state index contributed by atoms with van der Waals surface area (Å²) < 4.78 is 35.1. The predicted octanol–water partition coefficient (Wildman–Crippen LogP) is 2.89. The molecule has 1 fully saturated rings. The highest BCUT2D eigenvalue weighted by molar-refractivity contribution is 6.11. The number of benzene rings is 1. The van der Waals surface area contributed by atoms with Crippen molar-refractivity contribution >= 4 is 11.6 Å². The Morgan fingerprint density at radius 3 is 2.79 bits per heavy atom. The molecule has 2 aromatic rings. The van der Waals surface area contributed by atoms with Crippen LogP contribution in [0.2, 0.25) is 0 Å². The highest BCUT2D eigenvalue weighted by Crippen LogP contribution is 2.35. The molecule has 0 saturated carbocycles. The highest BCUT2D eigenvalue weighted by Gasteiger charge is 2.37. The maximum atomic E-state index is 15.7. The number of nitrogens with zero attached hydrogens (tertiary/aromatic N) is 4. The molecule has 2 N–H and O–H groups in total. The number of allylic oxidation sites excluding steroid dienone is 1. The van der Waals surface area contributed by atoms with Crippen molar-refractivity contribution in [1.29, 1.82) is 5.26 Å².